The van der Waals surface area contributed by atoms with Crippen molar-refractivity contribution < 1.29 is 19.9 Å². The highest BCUT2D eigenvalue weighted by Gasteiger charge is 2.17. The van der Waals surface area contributed by atoms with Crippen molar-refractivity contribution >= 4 is 5.69 Å². The summed E-state index contributed by atoms with van der Waals surface area (Å²) in [4.78, 5) is 10.4. The van der Waals surface area contributed by atoms with Gasteiger partial charge in [0.25, 0.3) is 0 Å². The van der Waals surface area contributed by atoms with Crippen LogP contribution in [0.3, 0.4) is 0 Å². The van der Waals surface area contributed by atoms with Gasteiger partial charge >= 0.3 is 5.69 Å². The molecule has 7 nitrogen and oxygen atoms in total. The van der Waals surface area contributed by atoms with Gasteiger partial charge < -0.3 is 20.3 Å². The molecular weight excluding hydrogens is 264 g/mol. The van der Waals surface area contributed by atoms with Crippen LogP contribution < -0.4 is 10.1 Å². The van der Waals surface area contributed by atoms with Crippen molar-refractivity contribution in [2.75, 3.05) is 13.2 Å². The van der Waals surface area contributed by atoms with Crippen LogP contribution in [-0.4, -0.2) is 40.5 Å². The SMILES string of the molecule is CC(C)NCc1ccc([N+](=O)[O-])c(OCC(O)CO)c1. The smallest absolute Gasteiger partial charge is 0.310 e. The minimum absolute atomic E-state index is 0.0885. The van der Waals surface area contributed by atoms with Crippen molar-refractivity contribution in [2.24, 2.45) is 0 Å². The maximum Gasteiger partial charge on any atom is 0.310 e. The highest BCUT2D eigenvalue weighted by Crippen LogP contribution is 2.28. The van der Waals surface area contributed by atoms with Gasteiger partial charge in [-0.2, -0.15) is 0 Å². The van der Waals surface area contributed by atoms with Crippen molar-refractivity contribution in [3.8, 4) is 5.75 Å². The lowest BCUT2D eigenvalue weighted by Crippen LogP contribution is -2.22. The fourth-order valence-corrected chi connectivity index (χ4v) is 1.50. The fraction of sp³-hybridized carbons (Fsp3) is 0.538. The standard InChI is InChI=1S/C13H20N2O5/c1-9(2)14-6-10-3-4-12(15(18)19)13(5-10)20-8-11(17)7-16/h3-5,9,11,14,16-17H,6-8H2,1-2H3. The molecule has 0 amide bonds. The average molecular weight is 284 g/mol. The van der Waals surface area contributed by atoms with Gasteiger partial charge in [-0.15, -0.1) is 0 Å². The molecule has 0 saturated carbocycles. The van der Waals surface area contributed by atoms with Crippen LogP contribution in [0.15, 0.2) is 18.2 Å². The summed E-state index contributed by atoms with van der Waals surface area (Å²) < 4.78 is 5.22. The first-order chi connectivity index (χ1) is 9.43. The molecule has 1 rings (SSSR count). The normalized spacial score (nSPS) is 12.4. The lowest BCUT2D eigenvalue weighted by Gasteiger charge is -2.12. The summed E-state index contributed by atoms with van der Waals surface area (Å²) in [5.41, 5.74) is 0.682. The summed E-state index contributed by atoms with van der Waals surface area (Å²) in [6.45, 7) is 3.91. The summed E-state index contributed by atoms with van der Waals surface area (Å²) in [5, 5.41) is 32.1. The van der Waals surface area contributed by atoms with Gasteiger partial charge in [-0.25, -0.2) is 0 Å². The lowest BCUT2D eigenvalue weighted by molar-refractivity contribution is -0.385. The van der Waals surface area contributed by atoms with E-state index in [1.807, 2.05) is 13.8 Å². The minimum Gasteiger partial charge on any atom is -0.484 e. The molecule has 20 heavy (non-hydrogen) atoms. The van der Waals surface area contributed by atoms with E-state index >= 15 is 0 Å². The summed E-state index contributed by atoms with van der Waals surface area (Å²) in [5.74, 6) is 0.0885. The molecule has 0 aliphatic heterocycles. The van der Waals surface area contributed by atoms with E-state index in [0.717, 1.165) is 5.56 Å². The predicted octanol–water partition coefficient (Wildman–Crippen LogP) is 0.825. The van der Waals surface area contributed by atoms with E-state index in [9.17, 15) is 15.2 Å². The molecule has 0 spiro atoms. The third-order valence-corrected chi connectivity index (χ3v) is 2.58. The predicted molar refractivity (Wildman–Crippen MR) is 73.7 cm³/mol. The maximum atomic E-state index is 10.9. The van der Waals surface area contributed by atoms with E-state index in [4.69, 9.17) is 9.84 Å². The second-order valence-corrected chi connectivity index (χ2v) is 4.74. The number of rotatable bonds is 8. The number of nitrogens with one attached hydrogen (secondary N) is 1. The van der Waals surface area contributed by atoms with Gasteiger partial charge in [-0.05, 0) is 11.6 Å². The molecule has 0 saturated heterocycles. The third kappa shape index (κ3) is 5.12. The Morgan fingerprint density at radius 3 is 2.70 bits per heavy atom. The largest absolute Gasteiger partial charge is 0.484 e. The molecule has 0 radical (unpaired) electrons. The van der Waals surface area contributed by atoms with Gasteiger partial charge in [0.2, 0.25) is 0 Å². The lowest BCUT2D eigenvalue weighted by atomic mass is 10.2. The van der Waals surface area contributed by atoms with Gasteiger partial charge in [0.1, 0.15) is 12.7 Å². The Balaban J connectivity index is 2.85. The first kappa shape index (κ1) is 16.4. The van der Waals surface area contributed by atoms with Gasteiger partial charge in [0.15, 0.2) is 5.75 Å². The first-order valence-corrected chi connectivity index (χ1v) is 6.36. The van der Waals surface area contributed by atoms with Crippen LogP contribution in [0.2, 0.25) is 0 Å². The van der Waals surface area contributed by atoms with Crippen molar-refractivity contribution in [3.63, 3.8) is 0 Å². The monoisotopic (exact) mass is 284 g/mol. The second-order valence-electron chi connectivity index (χ2n) is 4.74. The van der Waals surface area contributed by atoms with Gasteiger partial charge in [-0.1, -0.05) is 19.9 Å². The summed E-state index contributed by atoms with van der Waals surface area (Å²) in [7, 11) is 0. The zero-order chi connectivity index (χ0) is 15.1. The van der Waals surface area contributed by atoms with Crippen LogP contribution in [-0.2, 0) is 6.54 Å². The molecule has 1 unspecified atom stereocenters. The molecule has 0 aromatic heterocycles. The van der Waals surface area contributed by atoms with E-state index in [1.54, 1.807) is 12.1 Å². The van der Waals surface area contributed by atoms with Crippen LogP contribution in [0.4, 0.5) is 5.69 Å². The van der Waals surface area contributed by atoms with E-state index in [0.29, 0.717) is 12.6 Å². The zero-order valence-electron chi connectivity index (χ0n) is 11.6. The minimum atomic E-state index is -1.06. The van der Waals surface area contributed by atoms with Crippen molar-refractivity contribution in [1.29, 1.82) is 0 Å². The number of aliphatic hydroxyl groups is 2. The molecule has 0 aliphatic rings. The van der Waals surface area contributed by atoms with E-state index in [2.05, 4.69) is 5.32 Å². The zero-order valence-corrected chi connectivity index (χ0v) is 11.6. The Labute approximate surface area is 117 Å². The number of hydrogen-bond donors (Lipinski definition) is 3. The van der Waals surface area contributed by atoms with Crippen LogP contribution >= 0.6 is 0 Å². The van der Waals surface area contributed by atoms with Crippen molar-refractivity contribution in [3.05, 3.63) is 33.9 Å². The van der Waals surface area contributed by atoms with E-state index in [-0.39, 0.29) is 18.0 Å². The molecule has 0 fully saturated rings. The Kier molecular flexibility index (Phi) is 6.37. The van der Waals surface area contributed by atoms with E-state index < -0.39 is 17.6 Å². The Morgan fingerprint density at radius 2 is 2.15 bits per heavy atom. The third-order valence-electron chi connectivity index (χ3n) is 2.58. The second kappa shape index (κ2) is 7.78. The molecule has 0 heterocycles. The topological polar surface area (TPSA) is 105 Å². The number of nitrogens with zero attached hydrogens (tertiary/aromatic N) is 1. The molecular formula is C13H20N2O5. The highest BCUT2D eigenvalue weighted by atomic mass is 16.6. The molecule has 0 aliphatic carbocycles. The van der Waals surface area contributed by atoms with Crippen LogP contribution in [0.1, 0.15) is 19.4 Å². The number of ether oxygens (including phenoxy) is 1. The molecule has 1 aromatic rings. The highest BCUT2D eigenvalue weighted by molar-refractivity contribution is 5.48. The van der Waals surface area contributed by atoms with Crippen LogP contribution in [0.25, 0.3) is 0 Å². The molecule has 1 aromatic carbocycles. The summed E-state index contributed by atoms with van der Waals surface area (Å²) >= 11 is 0. The summed E-state index contributed by atoms with van der Waals surface area (Å²) in [6.07, 6.45) is -1.06. The fourth-order valence-electron chi connectivity index (χ4n) is 1.50. The molecule has 7 heteroatoms. The molecule has 3 N–H and O–H groups in total. The summed E-state index contributed by atoms with van der Waals surface area (Å²) in [6, 6.07) is 4.89. The van der Waals surface area contributed by atoms with Crippen molar-refractivity contribution in [1.82, 2.24) is 5.32 Å². The first-order valence-electron chi connectivity index (χ1n) is 6.36. The van der Waals surface area contributed by atoms with Crippen molar-refractivity contribution in [2.45, 2.75) is 32.5 Å². The number of aliphatic hydroxyl groups excluding tert-OH is 2. The molecule has 1 atom stereocenters. The Morgan fingerprint density at radius 1 is 1.45 bits per heavy atom. The number of benzene rings is 1. The molecule has 112 valence electrons. The van der Waals surface area contributed by atoms with Gasteiger partial charge in [0, 0.05) is 18.7 Å². The quantitative estimate of drug-likeness (QED) is 0.482. The Bertz CT molecular complexity index is 450. The maximum absolute atomic E-state index is 10.9. The van der Waals surface area contributed by atoms with Gasteiger partial charge in [0.05, 0.1) is 11.5 Å². The van der Waals surface area contributed by atoms with Gasteiger partial charge in [-0.3, -0.25) is 10.1 Å². The number of nitro benzene ring substituents is 1. The van der Waals surface area contributed by atoms with E-state index in [1.165, 1.54) is 6.07 Å². The number of nitro groups is 1. The average Bonchev–Trinajstić information content (AvgIpc) is 2.42. The Hall–Kier alpha value is -1.70. The van der Waals surface area contributed by atoms with Crippen LogP contribution in [0, 0.1) is 10.1 Å². The number of hydrogen-bond acceptors (Lipinski definition) is 6. The molecule has 0 bridgehead atoms. The van der Waals surface area contributed by atoms with Crippen LogP contribution in [0.5, 0.6) is 5.75 Å².